The molecule has 0 atom stereocenters. The van der Waals surface area contributed by atoms with Crippen molar-refractivity contribution in [2.45, 2.75) is 5.25 Å². The second-order valence-electron chi connectivity index (χ2n) is 2.17. The van der Waals surface area contributed by atoms with E-state index in [-0.39, 0.29) is 0 Å². The van der Waals surface area contributed by atoms with Crippen LogP contribution < -0.4 is 4.72 Å². The first-order valence-electron chi connectivity index (χ1n) is 3.30. The van der Waals surface area contributed by atoms with Crippen LogP contribution in [0.3, 0.4) is 0 Å². The van der Waals surface area contributed by atoms with Gasteiger partial charge in [-0.25, -0.2) is 8.42 Å². The smallest absolute Gasteiger partial charge is 0.204 e. The van der Waals surface area contributed by atoms with Crippen LogP contribution >= 0.6 is 0 Å². The lowest BCUT2D eigenvalue weighted by Crippen LogP contribution is -2.36. The Bertz CT molecular complexity index is 371. The maximum atomic E-state index is 12.5. The minimum atomic E-state index is -5.66. The number of halogens is 5. The maximum absolute atomic E-state index is 12.5. The molecule has 0 unspecified atom stereocenters. The average Bonchev–Trinajstić information content (AvgIpc) is 2.13. The molecule has 87 valence electrons. The van der Waals surface area contributed by atoms with Crippen molar-refractivity contribution in [3.63, 3.8) is 0 Å². The zero-order chi connectivity index (χ0) is 12.3. The van der Waals surface area contributed by atoms with Crippen molar-refractivity contribution in [1.82, 2.24) is 4.72 Å². The molecule has 0 aromatic carbocycles. The van der Waals surface area contributed by atoms with Gasteiger partial charge in [-0.2, -0.15) is 22.0 Å². The Kier molecular flexibility index (Phi) is 4.41. The molecule has 0 saturated heterocycles. The quantitative estimate of drug-likeness (QED) is 0.551. The molecule has 0 spiro atoms. The van der Waals surface area contributed by atoms with Crippen molar-refractivity contribution in [3.05, 3.63) is 24.6 Å². The summed E-state index contributed by atoms with van der Waals surface area (Å²) in [7, 11) is -5.66. The summed E-state index contributed by atoms with van der Waals surface area (Å²) in [6.45, 7) is 2.22. The van der Waals surface area contributed by atoms with Crippen LogP contribution in [-0.4, -0.2) is 20.2 Å². The summed E-state index contributed by atoms with van der Waals surface area (Å²) < 4.78 is 83.7. The summed E-state index contributed by atoms with van der Waals surface area (Å²) in [6.07, 6.45) is -2.57. The van der Waals surface area contributed by atoms with Gasteiger partial charge in [0.15, 0.2) is 0 Å². The van der Waals surface area contributed by atoms with Crippen LogP contribution in [0.25, 0.3) is 0 Å². The van der Waals surface area contributed by atoms with E-state index in [1.807, 2.05) is 0 Å². The van der Waals surface area contributed by atoms with E-state index in [0.717, 1.165) is 6.08 Å². The minimum Gasteiger partial charge on any atom is -0.204 e. The molecule has 0 heterocycles. The predicted octanol–water partition coefficient (Wildman–Crippen LogP) is 1.78. The number of hydrogen-bond donors (Lipinski definition) is 0. The molecule has 0 aromatic rings. The molecule has 0 amide bonds. The van der Waals surface area contributed by atoms with Gasteiger partial charge in [0, 0.05) is 6.54 Å². The summed E-state index contributed by atoms with van der Waals surface area (Å²) in [5.74, 6) is -3.32. The summed E-state index contributed by atoms with van der Waals surface area (Å²) in [5.41, 5.74) is 0. The molecular formula is C6H5F5NO2S. The van der Waals surface area contributed by atoms with Gasteiger partial charge in [-0.05, 0) is 0 Å². The van der Waals surface area contributed by atoms with Gasteiger partial charge >= 0.3 is 21.4 Å². The van der Waals surface area contributed by atoms with Crippen molar-refractivity contribution in [2.24, 2.45) is 0 Å². The van der Waals surface area contributed by atoms with E-state index in [9.17, 15) is 30.4 Å². The lowest BCUT2D eigenvalue weighted by Gasteiger charge is -2.12. The Morgan fingerprint density at radius 3 is 2.13 bits per heavy atom. The van der Waals surface area contributed by atoms with Crippen molar-refractivity contribution < 1.29 is 30.4 Å². The van der Waals surface area contributed by atoms with Crippen LogP contribution in [0.2, 0.25) is 0 Å². The van der Waals surface area contributed by atoms with E-state index in [1.54, 1.807) is 0 Å². The molecule has 3 nitrogen and oxygen atoms in total. The van der Waals surface area contributed by atoms with E-state index < -0.39 is 33.7 Å². The maximum Gasteiger partial charge on any atom is 0.416 e. The van der Waals surface area contributed by atoms with Gasteiger partial charge in [0.1, 0.15) is 0 Å². The zero-order valence-electron chi connectivity index (χ0n) is 7.05. The number of sulfonamides is 1. The molecular weight excluding hydrogens is 245 g/mol. The van der Waals surface area contributed by atoms with Crippen LogP contribution in [0, 0.1) is 0 Å². The molecule has 0 aromatic heterocycles. The van der Waals surface area contributed by atoms with E-state index in [0.29, 0.717) is 0 Å². The van der Waals surface area contributed by atoms with Gasteiger partial charge in [-0.1, -0.05) is 6.08 Å². The first kappa shape index (κ1) is 14.0. The highest BCUT2D eigenvalue weighted by atomic mass is 32.2. The Morgan fingerprint density at radius 2 is 1.80 bits per heavy atom. The van der Waals surface area contributed by atoms with Crippen LogP contribution in [0.15, 0.2) is 24.6 Å². The lowest BCUT2D eigenvalue weighted by atomic mass is 10.6. The van der Waals surface area contributed by atoms with Gasteiger partial charge < -0.3 is 0 Å². The fraction of sp³-hybridized carbons (Fsp3) is 0.333. The average molecular weight is 250 g/mol. The highest BCUT2D eigenvalue weighted by Gasteiger charge is 2.53. The monoisotopic (exact) mass is 250 g/mol. The van der Waals surface area contributed by atoms with Gasteiger partial charge in [0.2, 0.25) is 0 Å². The first-order valence-corrected chi connectivity index (χ1v) is 4.74. The number of nitrogens with zero attached hydrogens (tertiary/aromatic N) is 1. The molecule has 0 saturated carbocycles. The van der Waals surface area contributed by atoms with Gasteiger partial charge in [0.05, 0.1) is 0 Å². The Morgan fingerprint density at radius 1 is 1.33 bits per heavy atom. The molecule has 0 aliphatic carbocycles. The van der Waals surface area contributed by atoms with Crippen LogP contribution in [0.1, 0.15) is 0 Å². The van der Waals surface area contributed by atoms with Gasteiger partial charge in [0.25, 0.3) is 5.83 Å². The Balaban J connectivity index is 5.20. The molecule has 0 fully saturated rings. The second-order valence-corrected chi connectivity index (χ2v) is 3.89. The topological polar surface area (TPSA) is 48.2 Å². The van der Waals surface area contributed by atoms with Crippen LogP contribution in [0.4, 0.5) is 22.0 Å². The van der Waals surface area contributed by atoms with Crippen molar-refractivity contribution >= 4 is 10.0 Å². The predicted molar refractivity (Wildman–Crippen MR) is 41.4 cm³/mol. The highest BCUT2D eigenvalue weighted by molar-refractivity contribution is 7.90. The molecule has 15 heavy (non-hydrogen) atoms. The van der Waals surface area contributed by atoms with E-state index in [4.69, 9.17) is 0 Å². The van der Waals surface area contributed by atoms with Crippen molar-refractivity contribution in [2.75, 3.05) is 6.54 Å². The number of hydrogen-bond acceptors (Lipinski definition) is 2. The fourth-order valence-corrected chi connectivity index (χ4v) is 1.22. The highest BCUT2D eigenvalue weighted by Crippen LogP contribution is 2.34. The van der Waals surface area contributed by atoms with E-state index >= 15 is 0 Å². The standard InChI is InChI=1S/C6H5F5NO2S/c1-2-3-12-15(13,14)6(10,11)4(7)5(8)9/h2H,1,3H2. The number of alkyl halides is 2. The first-order chi connectivity index (χ1) is 6.66. The summed E-state index contributed by atoms with van der Waals surface area (Å²) in [4.78, 5) is 0. The largest absolute Gasteiger partial charge is 0.416 e. The lowest BCUT2D eigenvalue weighted by molar-refractivity contribution is 0.0930. The molecule has 0 rings (SSSR count). The van der Waals surface area contributed by atoms with Gasteiger partial charge in [-0.3, -0.25) is 0 Å². The minimum absolute atomic E-state index is 0.751. The zero-order valence-corrected chi connectivity index (χ0v) is 7.87. The van der Waals surface area contributed by atoms with E-state index in [2.05, 4.69) is 11.3 Å². The summed E-state index contributed by atoms with van der Waals surface area (Å²) in [6, 6.07) is 0. The number of rotatable bonds is 5. The molecule has 1 radical (unpaired) electrons. The Labute approximate surface area is 82.3 Å². The SMILES string of the molecule is C=CC[N]S(=O)(=O)C(F)(F)C(F)=C(F)F. The van der Waals surface area contributed by atoms with Crippen molar-refractivity contribution in [1.29, 1.82) is 0 Å². The molecule has 0 aliphatic rings. The molecule has 9 heteroatoms. The normalized spacial score (nSPS) is 12.3. The van der Waals surface area contributed by atoms with Crippen LogP contribution in [0.5, 0.6) is 0 Å². The Hall–Kier alpha value is -0.960. The third-order valence-corrected chi connectivity index (χ3v) is 2.44. The third kappa shape index (κ3) is 2.99. The molecule has 0 bridgehead atoms. The summed E-state index contributed by atoms with van der Waals surface area (Å²) in [5, 5.41) is -5.35. The van der Waals surface area contributed by atoms with Gasteiger partial charge in [-0.15, -0.1) is 11.3 Å². The molecule has 0 aliphatic heterocycles. The molecule has 0 N–H and O–H groups in total. The second kappa shape index (κ2) is 4.71. The fourth-order valence-electron chi connectivity index (χ4n) is 0.455. The summed E-state index contributed by atoms with van der Waals surface area (Å²) >= 11 is 0. The third-order valence-electron chi connectivity index (χ3n) is 1.12. The van der Waals surface area contributed by atoms with E-state index in [1.165, 1.54) is 0 Å². The van der Waals surface area contributed by atoms with Crippen molar-refractivity contribution in [3.8, 4) is 0 Å². The van der Waals surface area contributed by atoms with Crippen LogP contribution in [-0.2, 0) is 10.0 Å².